The van der Waals surface area contributed by atoms with Crippen LogP contribution in [0.2, 0.25) is 0 Å². The first-order chi connectivity index (χ1) is 9.83. The lowest BCUT2D eigenvalue weighted by molar-refractivity contribution is 0.481. The largest absolute Gasteiger partial charge is 0.326 e. The van der Waals surface area contributed by atoms with Crippen LogP contribution in [0.25, 0.3) is 10.9 Å². The molecule has 0 saturated carbocycles. The molecule has 2 rings (SSSR count). The van der Waals surface area contributed by atoms with Crippen molar-refractivity contribution in [3.8, 4) is 0 Å². The molecule has 0 unspecified atom stereocenters. The van der Waals surface area contributed by atoms with Gasteiger partial charge in [0.05, 0.1) is 10.4 Å². The molecule has 3 N–H and O–H groups in total. The Morgan fingerprint density at radius 3 is 2.67 bits per heavy atom. The molecule has 5 nitrogen and oxygen atoms in total. The average molecular weight is 307 g/mol. The van der Waals surface area contributed by atoms with Gasteiger partial charge in [0, 0.05) is 24.2 Å². The Balaban J connectivity index is 2.39. The number of aromatic nitrogens is 1. The molecule has 21 heavy (non-hydrogen) atoms. The second-order valence-electron chi connectivity index (χ2n) is 5.54. The zero-order valence-electron chi connectivity index (χ0n) is 12.5. The van der Waals surface area contributed by atoms with E-state index < -0.39 is 10.0 Å². The van der Waals surface area contributed by atoms with Crippen molar-refractivity contribution in [1.82, 2.24) is 9.71 Å². The van der Waals surface area contributed by atoms with Gasteiger partial charge >= 0.3 is 0 Å². The summed E-state index contributed by atoms with van der Waals surface area (Å²) in [5, 5.41) is 0.628. The van der Waals surface area contributed by atoms with Crippen molar-refractivity contribution in [2.24, 2.45) is 11.7 Å². The van der Waals surface area contributed by atoms with Gasteiger partial charge in [-0.1, -0.05) is 19.9 Å². The van der Waals surface area contributed by atoms with Crippen molar-refractivity contribution >= 4 is 20.9 Å². The molecular formula is C15H21N3O2S. The van der Waals surface area contributed by atoms with Gasteiger partial charge < -0.3 is 5.73 Å². The summed E-state index contributed by atoms with van der Waals surface area (Å²) in [5.41, 5.74) is 7.55. The van der Waals surface area contributed by atoms with E-state index in [0.717, 1.165) is 5.56 Å². The fraction of sp³-hybridized carbons (Fsp3) is 0.400. The van der Waals surface area contributed by atoms with Crippen LogP contribution in [-0.4, -0.2) is 26.0 Å². The van der Waals surface area contributed by atoms with Crippen LogP contribution in [0, 0.1) is 12.8 Å². The normalized spacial score (nSPS) is 13.8. The van der Waals surface area contributed by atoms with Crippen molar-refractivity contribution in [1.29, 1.82) is 0 Å². The summed E-state index contributed by atoms with van der Waals surface area (Å²) >= 11 is 0. The lowest BCUT2D eigenvalue weighted by Gasteiger charge is -2.17. The lowest BCUT2D eigenvalue weighted by atomic mass is 10.1. The first-order valence-corrected chi connectivity index (χ1v) is 8.41. The number of benzene rings is 1. The molecule has 0 aliphatic heterocycles. The number of pyridine rings is 1. The molecule has 0 aliphatic rings. The number of nitrogens with one attached hydrogen (secondary N) is 1. The van der Waals surface area contributed by atoms with Gasteiger partial charge in [-0.05, 0) is 36.6 Å². The highest BCUT2D eigenvalue weighted by Gasteiger charge is 2.20. The molecule has 1 atom stereocenters. The van der Waals surface area contributed by atoms with Gasteiger partial charge in [0.25, 0.3) is 0 Å². The summed E-state index contributed by atoms with van der Waals surface area (Å²) in [6.07, 6.45) is 1.66. The third-order valence-electron chi connectivity index (χ3n) is 3.59. The highest BCUT2D eigenvalue weighted by atomic mass is 32.2. The fourth-order valence-electron chi connectivity index (χ4n) is 2.04. The van der Waals surface area contributed by atoms with Crippen molar-refractivity contribution in [3.05, 3.63) is 36.0 Å². The van der Waals surface area contributed by atoms with Crippen molar-refractivity contribution < 1.29 is 8.42 Å². The van der Waals surface area contributed by atoms with Crippen LogP contribution in [0.3, 0.4) is 0 Å². The SMILES string of the molecule is Cc1ccc(S(=O)(=O)NC[C@@H](N)C(C)C)c2cccnc12. The first kappa shape index (κ1) is 15.9. The molecule has 1 aromatic carbocycles. The lowest BCUT2D eigenvalue weighted by Crippen LogP contribution is -2.40. The molecule has 0 amide bonds. The van der Waals surface area contributed by atoms with E-state index in [1.165, 1.54) is 0 Å². The van der Waals surface area contributed by atoms with E-state index in [0.29, 0.717) is 10.9 Å². The van der Waals surface area contributed by atoms with E-state index in [-0.39, 0.29) is 23.4 Å². The third-order valence-corrected chi connectivity index (χ3v) is 5.07. The van der Waals surface area contributed by atoms with Gasteiger partial charge in [0.1, 0.15) is 0 Å². The van der Waals surface area contributed by atoms with Crippen LogP contribution >= 0.6 is 0 Å². The number of nitrogens with zero attached hydrogens (tertiary/aromatic N) is 1. The van der Waals surface area contributed by atoms with Crippen molar-refractivity contribution in [2.45, 2.75) is 31.7 Å². The average Bonchev–Trinajstić information content (AvgIpc) is 2.45. The van der Waals surface area contributed by atoms with Crippen LogP contribution in [0.5, 0.6) is 0 Å². The number of sulfonamides is 1. The second-order valence-corrected chi connectivity index (χ2v) is 7.28. The van der Waals surface area contributed by atoms with Gasteiger partial charge in [0.15, 0.2) is 0 Å². The van der Waals surface area contributed by atoms with E-state index >= 15 is 0 Å². The Labute approximate surface area is 125 Å². The van der Waals surface area contributed by atoms with Crippen LogP contribution in [0.4, 0.5) is 0 Å². The van der Waals surface area contributed by atoms with Gasteiger partial charge in [-0.2, -0.15) is 0 Å². The Kier molecular flexibility index (Phi) is 4.61. The summed E-state index contributed by atoms with van der Waals surface area (Å²) in [6, 6.07) is 6.68. The molecule has 0 aliphatic carbocycles. The topological polar surface area (TPSA) is 85.1 Å². The Hall–Kier alpha value is -1.50. The van der Waals surface area contributed by atoms with E-state index in [1.807, 2.05) is 20.8 Å². The maximum absolute atomic E-state index is 12.5. The summed E-state index contributed by atoms with van der Waals surface area (Å²) in [6.45, 7) is 6.05. The van der Waals surface area contributed by atoms with Crippen LogP contribution < -0.4 is 10.5 Å². The second kappa shape index (κ2) is 6.09. The maximum atomic E-state index is 12.5. The molecule has 0 fully saturated rings. The minimum atomic E-state index is -3.60. The molecule has 6 heteroatoms. The Bertz CT molecular complexity index is 742. The Morgan fingerprint density at radius 1 is 1.29 bits per heavy atom. The van der Waals surface area contributed by atoms with Crippen molar-refractivity contribution in [2.75, 3.05) is 6.54 Å². The molecule has 0 radical (unpaired) electrons. The predicted octanol–water partition coefficient (Wildman–Crippen LogP) is 1.80. The molecule has 2 aromatic rings. The summed E-state index contributed by atoms with van der Waals surface area (Å²) in [4.78, 5) is 4.50. The van der Waals surface area contributed by atoms with Gasteiger partial charge in [-0.25, -0.2) is 13.1 Å². The summed E-state index contributed by atoms with van der Waals surface area (Å²) in [7, 11) is -3.60. The molecular weight excluding hydrogens is 286 g/mol. The van der Waals surface area contributed by atoms with E-state index in [1.54, 1.807) is 30.5 Å². The predicted molar refractivity (Wildman–Crippen MR) is 84.5 cm³/mol. The van der Waals surface area contributed by atoms with Crippen molar-refractivity contribution in [3.63, 3.8) is 0 Å². The van der Waals surface area contributed by atoms with Gasteiger partial charge in [-0.15, -0.1) is 0 Å². The third kappa shape index (κ3) is 3.40. The zero-order valence-corrected chi connectivity index (χ0v) is 13.3. The quantitative estimate of drug-likeness (QED) is 0.882. The summed E-state index contributed by atoms with van der Waals surface area (Å²) < 4.78 is 27.6. The van der Waals surface area contributed by atoms with Crippen LogP contribution in [0.15, 0.2) is 35.4 Å². The number of rotatable bonds is 5. The van der Waals surface area contributed by atoms with E-state index in [2.05, 4.69) is 9.71 Å². The number of hydrogen-bond acceptors (Lipinski definition) is 4. The number of aryl methyl sites for hydroxylation is 1. The molecule has 114 valence electrons. The van der Waals surface area contributed by atoms with E-state index in [4.69, 9.17) is 5.73 Å². The minimum absolute atomic E-state index is 0.212. The standard InChI is InChI=1S/C15H21N3O2S/c1-10(2)13(16)9-18-21(19,20)14-7-6-11(3)15-12(14)5-4-8-17-15/h4-8,10,13,18H,9,16H2,1-3H3/t13-/m1/s1. The van der Waals surface area contributed by atoms with Gasteiger partial charge in [0.2, 0.25) is 10.0 Å². The highest BCUT2D eigenvalue weighted by Crippen LogP contribution is 2.24. The number of nitrogens with two attached hydrogens (primary N) is 1. The molecule has 0 bridgehead atoms. The monoisotopic (exact) mass is 307 g/mol. The molecule has 1 heterocycles. The maximum Gasteiger partial charge on any atom is 0.241 e. The highest BCUT2D eigenvalue weighted by molar-refractivity contribution is 7.89. The number of hydrogen-bond donors (Lipinski definition) is 2. The smallest absolute Gasteiger partial charge is 0.241 e. The first-order valence-electron chi connectivity index (χ1n) is 6.92. The molecule has 0 saturated heterocycles. The van der Waals surface area contributed by atoms with Crippen LogP contribution in [-0.2, 0) is 10.0 Å². The fourth-order valence-corrected chi connectivity index (χ4v) is 3.31. The van der Waals surface area contributed by atoms with Crippen LogP contribution in [0.1, 0.15) is 19.4 Å². The minimum Gasteiger partial charge on any atom is -0.326 e. The zero-order chi connectivity index (χ0) is 15.6. The Morgan fingerprint density at radius 2 is 2.00 bits per heavy atom. The van der Waals surface area contributed by atoms with Gasteiger partial charge in [-0.3, -0.25) is 4.98 Å². The van der Waals surface area contributed by atoms with E-state index in [9.17, 15) is 8.42 Å². The number of fused-ring (bicyclic) bond motifs is 1. The molecule has 0 spiro atoms. The molecule has 1 aromatic heterocycles. The summed E-state index contributed by atoms with van der Waals surface area (Å²) in [5.74, 6) is 0.212.